The van der Waals surface area contributed by atoms with Crippen molar-refractivity contribution in [2.24, 2.45) is 0 Å². The van der Waals surface area contributed by atoms with E-state index in [1.165, 1.54) is 35.2 Å². The molecule has 0 bridgehead atoms. The Labute approximate surface area is 171 Å². The first-order chi connectivity index (χ1) is 13.9. The van der Waals surface area contributed by atoms with Crippen LogP contribution in [0, 0.1) is 5.82 Å². The fraction of sp³-hybridized carbons (Fsp3) is 0.286. The summed E-state index contributed by atoms with van der Waals surface area (Å²) in [6.45, 7) is 1.08. The van der Waals surface area contributed by atoms with E-state index in [0.29, 0.717) is 36.2 Å². The van der Waals surface area contributed by atoms with Gasteiger partial charge in [0.25, 0.3) is 0 Å². The zero-order valence-corrected chi connectivity index (χ0v) is 16.3. The number of hydrogen-bond donors (Lipinski definition) is 0. The van der Waals surface area contributed by atoms with Crippen LogP contribution in [0.3, 0.4) is 0 Å². The van der Waals surface area contributed by atoms with E-state index in [0.717, 1.165) is 5.56 Å². The van der Waals surface area contributed by atoms with Crippen LogP contribution in [-0.4, -0.2) is 27.6 Å². The fourth-order valence-electron chi connectivity index (χ4n) is 3.50. The molecule has 1 aliphatic rings. The molecule has 0 aliphatic carbocycles. The number of rotatable bonds is 4. The third-order valence-electron chi connectivity index (χ3n) is 5.22. The molecule has 0 unspecified atom stereocenters. The van der Waals surface area contributed by atoms with Gasteiger partial charge in [-0.3, -0.25) is 4.57 Å². The van der Waals surface area contributed by atoms with Crippen LogP contribution >= 0.6 is 11.6 Å². The maximum atomic E-state index is 15.3. The van der Waals surface area contributed by atoms with Crippen LogP contribution in [0.4, 0.5) is 14.7 Å². The minimum absolute atomic E-state index is 0.218. The van der Waals surface area contributed by atoms with Crippen LogP contribution in [0.2, 0.25) is 5.02 Å². The molecule has 0 radical (unpaired) electrons. The van der Waals surface area contributed by atoms with Gasteiger partial charge in [-0.05, 0) is 35.4 Å². The summed E-state index contributed by atoms with van der Waals surface area (Å²) in [4.78, 5) is 22.5. The van der Waals surface area contributed by atoms with E-state index in [4.69, 9.17) is 11.6 Å². The normalized spacial score (nSPS) is 16.0. The average Bonchev–Trinajstić information content (AvgIpc) is 2.72. The lowest BCUT2D eigenvalue weighted by molar-refractivity contribution is 0.124. The molecule has 0 N–H and O–H groups in total. The molecule has 150 valence electrons. The first kappa shape index (κ1) is 19.5. The largest absolute Gasteiger partial charge is 0.352 e. The second-order valence-electron chi connectivity index (χ2n) is 7.15. The summed E-state index contributed by atoms with van der Waals surface area (Å²) in [6.07, 6.45) is 1.89. The molecule has 1 aromatic heterocycles. The van der Waals surface area contributed by atoms with Crippen molar-refractivity contribution in [3.05, 3.63) is 87.3 Å². The van der Waals surface area contributed by atoms with Gasteiger partial charge in [0, 0.05) is 31.0 Å². The van der Waals surface area contributed by atoms with Crippen molar-refractivity contribution in [3.8, 4) is 0 Å². The van der Waals surface area contributed by atoms with Gasteiger partial charge >= 0.3 is 5.69 Å². The molecule has 4 rings (SSSR count). The number of nitrogens with zero attached hydrogens (tertiary/aromatic N) is 4. The molecule has 0 saturated carbocycles. The van der Waals surface area contributed by atoms with Gasteiger partial charge in [-0.1, -0.05) is 35.9 Å². The van der Waals surface area contributed by atoms with E-state index in [9.17, 15) is 9.18 Å². The summed E-state index contributed by atoms with van der Waals surface area (Å²) in [5.74, 6) is -0.0918. The van der Waals surface area contributed by atoms with Crippen LogP contribution < -0.4 is 10.6 Å². The number of aromatic nitrogens is 3. The maximum Gasteiger partial charge on any atom is 0.352 e. The predicted molar refractivity (Wildman–Crippen MR) is 107 cm³/mol. The number of alkyl halides is 1. The smallest absolute Gasteiger partial charge is 0.340 e. The molecule has 5 nitrogen and oxygen atoms in total. The van der Waals surface area contributed by atoms with Crippen molar-refractivity contribution in [1.29, 1.82) is 0 Å². The lowest BCUT2D eigenvalue weighted by atomic mass is 9.86. The number of piperidine rings is 1. The van der Waals surface area contributed by atoms with Crippen molar-refractivity contribution in [3.63, 3.8) is 0 Å². The lowest BCUT2D eigenvalue weighted by Crippen LogP contribution is -2.42. The highest BCUT2D eigenvalue weighted by Gasteiger charge is 2.37. The third-order valence-corrected chi connectivity index (χ3v) is 5.47. The summed E-state index contributed by atoms with van der Waals surface area (Å²) < 4.78 is 29.8. The average molecular weight is 417 g/mol. The Morgan fingerprint density at radius 1 is 1.03 bits per heavy atom. The second-order valence-corrected chi connectivity index (χ2v) is 7.59. The molecule has 8 heteroatoms. The summed E-state index contributed by atoms with van der Waals surface area (Å²) in [7, 11) is 0. The molecule has 0 amide bonds. The summed E-state index contributed by atoms with van der Waals surface area (Å²) in [6, 6.07) is 12.7. The Morgan fingerprint density at radius 2 is 1.69 bits per heavy atom. The van der Waals surface area contributed by atoms with Crippen molar-refractivity contribution >= 4 is 17.5 Å². The molecule has 29 heavy (non-hydrogen) atoms. The first-order valence-electron chi connectivity index (χ1n) is 9.31. The van der Waals surface area contributed by atoms with Gasteiger partial charge in [0.2, 0.25) is 5.95 Å². The Balaban J connectivity index is 1.44. The Morgan fingerprint density at radius 3 is 2.31 bits per heavy atom. The lowest BCUT2D eigenvalue weighted by Gasteiger charge is -2.36. The standard InChI is InChI=1S/C21H19ClF2N4O/c22-17-5-1-15(2-6-17)13-28-14-25-19(26-20(28)29)27-11-9-21(24,10-12-27)16-3-7-18(23)8-4-16/h1-8,14H,9-13H2. The van der Waals surface area contributed by atoms with Crippen molar-refractivity contribution < 1.29 is 8.78 Å². The topological polar surface area (TPSA) is 51.0 Å². The molecule has 2 aromatic carbocycles. The summed E-state index contributed by atoms with van der Waals surface area (Å²) in [5, 5.41) is 0.627. The Bertz CT molecular complexity index is 1050. The van der Waals surface area contributed by atoms with E-state index in [1.807, 2.05) is 12.1 Å². The van der Waals surface area contributed by atoms with E-state index in [2.05, 4.69) is 9.97 Å². The number of benzene rings is 2. The summed E-state index contributed by atoms with van der Waals surface area (Å²) >= 11 is 5.88. The summed E-state index contributed by atoms with van der Waals surface area (Å²) in [5.41, 5.74) is -0.556. The Hall–Kier alpha value is -2.80. The van der Waals surface area contributed by atoms with Gasteiger partial charge in [-0.2, -0.15) is 4.98 Å². The van der Waals surface area contributed by atoms with E-state index in [-0.39, 0.29) is 18.7 Å². The highest BCUT2D eigenvalue weighted by atomic mass is 35.5. The van der Waals surface area contributed by atoms with Crippen molar-refractivity contribution in [2.45, 2.75) is 25.1 Å². The molecular weight excluding hydrogens is 398 g/mol. The third kappa shape index (κ3) is 4.29. The minimum atomic E-state index is -1.52. The van der Waals surface area contributed by atoms with Gasteiger partial charge in [-0.15, -0.1) is 0 Å². The molecule has 1 aliphatic heterocycles. The fourth-order valence-corrected chi connectivity index (χ4v) is 3.62. The molecule has 1 saturated heterocycles. The molecule has 3 aromatic rings. The number of halogens is 3. The van der Waals surface area contributed by atoms with Gasteiger partial charge in [0.1, 0.15) is 17.8 Å². The highest BCUT2D eigenvalue weighted by Crippen LogP contribution is 2.37. The zero-order chi connectivity index (χ0) is 20.4. The van der Waals surface area contributed by atoms with Crippen LogP contribution in [0.15, 0.2) is 59.7 Å². The number of hydrogen-bond acceptors (Lipinski definition) is 4. The van der Waals surface area contributed by atoms with Gasteiger partial charge in [0.05, 0.1) is 6.54 Å². The molecular formula is C21H19ClF2N4O. The maximum absolute atomic E-state index is 15.3. The molecule has 2 heterocycles. The second kappa shape index (κ2) is 7.91. The van der Waals surface area contributed by atoms with Crippen molar-refractivity contribution in [2.75, 3.05) is 18.0 Å². The predicted octanol–water partition coefficient (Wildman–Crippen LogP) is 3.94. The van der Waals surface area contributed by atoms with Crippen LogP contribution in [0.5, 0.6) is 0 Å². The number of anilines is 1. The first-order valence-corrected chi connectivity index (χ1v) is 9.69. The monoisotopic (exact) mass is 416 g/mol. The van der Waals surface area contributed by atoms with Crippen molar-refractivity contribution in [1.82, 2.24) is 14.5 Å². The van der Waals surface area contributed by atoms with Crippen LogP contribution in [-0.2, 0) is 12.2 Å². The van der Waals surface area contributed by atoms with Gasteiger partial charge in [-0.25, -0.2) is 18.6 Å². The quantitative estimate of drug-likeness (QED) is 0.646. The molecule has 0 spiro atoms. The van der Waals surface area contributed by atoms with Crippen LogP contribution in [0.1, 0.15) is 24.0 Å². The molecule has 0 atom stereocenters. The minimum Gasteiger partial charge on any atom is -0.340 e. The van der Waals surface area contributed by atoms with E-state index < -0.39 is 11.4 Å². The van der Waals surface area contributed by atoms with E-state index in [1.54, 1.807) is 17.0 Å². The van der Waals surface area contributed by atoms with Gasteiger partial charge in [0.15, 0.2) is 0 Å². The zero-order valence-electron chi connectivity index (χ0n) is 15.6. The highest BCUT2D eigenvalue weighted by molar-refractivity contribution is 6.30. The SMILES string of the molecule is O=c1nc(N2CCC(F)(c3ccc(F)cc3)CC2)ncn1Cc1ccc(Cl)cc1. The molecule has 1 fully saturated rings. The Kier molecular flexibility index (Phi) is 5.32. The van der Waals surface area contributed by atoms with E-state index >= 15 is 4.39 Å². The van der Waals surface area contributed by atoms with Gasteiger partial charge < -0.3 is 4.90 Å². The van der Waals surface area contributed by atoms with Crippen LogP contribution in [0.25, 0.3) is 0 Å².